The number of nitrogens with zero attached hydrogens (tertiary/aromatic N) is 1. The molecule has 0 heterocycles. The quantitative estimate of drug-likeness (QED) is 0.819. The van der Waals surface area contributed by atoms with Crippen LogP contribution in [0.2, 0.25) is 0 Å². The average molecular weight is 353 g/mol. The van der Waals surface area contributed by atoms with Crippen LogP contribution in [-0.4, -0.2) is 37.1 Å². The fourth-order valence-corrected chi connectivity index (χ4v) is 3.37. The number of benzene rings is 2. The predicted octanol–water partition coefficient (Wildman–Crippen LogP) is 1.80. The molecule has 7 nitrogen and oxygen atoms in total. The lowest BCUT2D eigenvalue weighted by atomic mass is 10.2. The van der Waals surface area contributed by atoms with E-state index in [1.54, 1.807) is 0 Å². The minimum Gasteiger partial charge on any atom is -0.480 e. The van der Waals surface area contributed by atoms with Gasteiger partial charge in [0.15, 0.2) is 0 Å². The molecular formula is C15H12FNO6S. The van der Waals surface area contributed by atoms with E-state index in [1.807, 2.05) is 0 Å². The Kier molecular flexibility index (Phi) is 4.84. The normalized spacial score (nSPS) is 11.0. The minimum absolute atomic E-state index is 0.123. The van der Waals surface area contributed by atoms with Gasteiger partial charge in [-0.15, -0.1) is 0 Å². The summed E-state index contributed by atoms with van der Waals surface area (Å²) in [6, 6.07) is 8.73. The first-order valence-corrected chi connectivity index (χ1v) is 7.99. The third kappa shape index (κ3) is 3.69. The fraction of sp³-hybridized carbons (Fsp3) is 0.0667. The first-order valence-electron chi connectivity index (χ1n) is 6.55. The van der Waals surface area contributed by atoms with Crippen LogP contribution in [0.4, 0.5) is 10.1 Å². The lowest BCUT2D eigenvalue weighted by Crippen LogP contribution is -2.35. The average Bonchev–Trinajstić information content (AvgIpc) is 2.53. The second-order valence-electron chi connectivity index (χ2n) is 4.71. The summed E-state index contributed by atoms with van der Waals surface area (Å²) in [7, 11) is -4.32. The van der Waals surface area contributed by atoms with Gasteiger partial charge in [0.25, 0.3) is 10.0 Å². The number of carboxylic acid groups (broad SMARTS) is 2. The highest BCUT2D eigenvalue weighted by Crippen LogP contribution is 2.24. The van der Waals surface area contributed by atoms with Crippen molar-refractivity contribution in [3.05, 3.63) is 59.9 Å². The molecule has 0 saturated heterocycles. The zero-order valence-corrected chi connectivity index (χ0v) is 12.9. The van der Waals surface area contributed by atoms with E-state index >= 15 is 0 Å². The summed E-state index contributed by atoms with van der Waals surface area (Å²) in [5.41, 5.74) is -0.321. The number of sulfonamides is 1. The summed E-state index contributed by atoms with van der Waals surface area (Å²) in [5, 5.41) is 18.0. The van der Waals surface area contributed by atoms with Crippen LogP contribution in [-0.2, 0) is 14.8 Å². The molecule has 0 aliphatic carbocycles. The van der Waals surface area contributed by atoms with Crippen molar-refractivity contribution in [3.63, 3.8) is 0 Å². The van der Waals surface area contributed by atoms with Crippen molar-refractivity contribution in [1.82, 2.24) is 0 Å². The summed E-state index contributed by atoms with van der Waals surface area (Å²) in [5.74, 6) is -3.36. The summed E-state index contributed by atoms with van der Waals surface area (Å²) in [6.07, 6.45) is 0. The van der Waals surface area contributed by atoms with E-state index in [-0.39, 0.29) is 16.1 Å². The van der Waals surface area contributed by atoms with E-state index in [4.69, 9.17) is 10.2 Å². The summed E-state index contributed by atoms with van der Waals surface area (Å²) >= 11 is 0. The number of anilines is 1. The first-order chi connectivity index (χ1) is 11.2. The van der Waals surface area contributed by atoms with Crippen molar-refractivity contribution in [1.29, 1.82) is 0 Å². The maximum absolute atomic E-state index is 13.0. The van der Waals surface area contributed by atoms with Crippen LogP contribution in [0.5, 0.6) is 0 Å². The number of carboxylic acids is 2. The van der Waals surface area contributed by atoms with Gasteiger partial charge in [0.05, 0.1) is 16.1 Å². The number of hydrogen-bond acceptors (Lipinski definition) is 4. The number of halogens is 1. The largest absolute Gasteiger partial charge is 0.480 e. The molecule has 126 valence electrons. The number of aromatic carboxylic acids is 1. The van der Waals surface area contributed by atoms with Crippen LogP contribution >= 0.6 is 0 Å². The molecule has 2 N–H and O–H groups in total. The highest BCUT2D eigenvalue weighted by atomic mass is 32.2. The summed E-state index contributed by atoms with van der Waals surface area (Å²) in [6.45, 7) is -0.914. The Labute approximate surface area is 136 Å². The van der Waals surface area contributed by atoms with Gasteiger partial charge in [0, 0.05) is 0 Å². The van der Waals surface area contributed by atoms with E-state index in [0.717, 1.165) is 30.3 Å². The van der Waals surface area contributed by atoms with E-state index < -0.39 is 34.3 Å². The van der Waals surface area contributed by atoms with Gasteiger partial charge in [-0.1, -0.05) is 6.07 Å². The molecule has 0 fully saturated rings. The second kappa shape index (κ2) is 6.67. The van der Waals surface area contributed by atoms with Crippen molar-refractivity contribution in [2.24, 2.45) is 0 Å². The minimum atomic E-state index is -4.32. The summed E-state index contributed by atoms with van der Waals surface area (Å²) < 4.78 is 38.8. The van der Waals surface area contributed by atoms with Gasteiger partial charge in [-0.2, -0.15) is 0 Å². The molecule has 0 atom stereocenters. The molecule has 0 unspecified atom stereocenters. The third-order valence-electron chi connectivity index (χ3n) is 3.06. The molecule has 2 aromatic rings. The monoisotopic (exact) mass is 353 g/mol. The Morgan fingerprint density at radius 1 is 1.04 bits per heavy atom. The molecule has 0 aromatic heterocycles. The van der Waals surface area contributed by atoms with Gasteiger partial charge >= 0.3 is 11.9 Å². The third-order valence-corrected chi connectivity index (χ3v) is 4.85. The maximum atomic E-state index is 13.0. The molecule has 0 bridgehead atoms. The van der Waals surface area contributed by atoms with Crippen LogP contribution < -0.4 is 4.31 Å². The lowest BCUT2D eigenvalue weighted by molar-refractivity contribution is -0.135. The second-order valence-corrected chi connectivity index (χ2v) is 6.58. The van der Waals surface area contributed by atoms with Gasteiger partial charge in [0.1, 0.15) is 12.4 Å². The highest BCUT2D eigenvalue weighted by molar-refractivity contribution is 7.92. The van der Waals surface area contributed by atoms with Crippen molar-refractivity contribution >= 4 is 27.6 Å². The van der Waals surface area contributed by atoms with Crippen LogP contribution in [0.15, 0.2) is 53.4 Å². The smallest absolute Gasteiger partial charge is 0.335 e. The number of hydrogen-bond donors (Lipinski definition) is 2. The molecule has 2 aromatic carbocycles. The zero-order chi connectivity index (χ0) is 17.9. The number of aliphatic carboxylic acids is 1. The number of carbonyl (C=O) groups is 2. The van der Waals surface area contributed by atoms with E-state index in [1.165, 1.54) is 18.2 Å². The first kappa shape index (κ1) is 17.4. The predicted molar refractivity (Wildman–Crippen MR) is 82.0 cm³/mol. The molecule has 24 heavy (non-hydrogen) atoms. The maximum Gasteiger partial charge on any atom is 0.335 e. The highest BCUT2D eigenvalue weighted by Gasteiger charge is 2.27. The molecule has 0 aliphatic rings. The molecule has 0 aliphatic heterocycles. The Morgan fingerprint density at radius 3 is 2.21 bits per heavy atom. The molecule has 9 heteroatoms. The molecule has 0 amide bonds. The Hall–Kier alpha value is -2.94. The van der Waals surface area contributed by atoms with Gasteiger partial charge in [-0.3, -0.25) is 9.10 Å². The summed E-state index contributed by atoms with van der Waals surface area (Å²) in [4.78, 5) is 21.8. The van der Waals surface area contributed by atoms with Crippen molar-refractivity contribution in [2.75, 3.05) is 10.8 Å². The van der Waals surface area contributed by atoms with Crippen molar-refractivity contribution in [2.45, 2.75) is 4.90 Å². The molecular weight excluding hydrogens is 341 g/mol. The molecule has 0 spiro atoms. The van der Waals surface area contributed by atoms with Gasteiger partial charge < -0.3 is 10.2 Å². The molecule has 0 saturated carbocycles. The molecule has 2 rings (SSSR count). The van der Waals surface area contributed by atoms with Gasteiger partial charge in [-0.05, 0) is 42.5 Å². The SMILES string of the molecule is O=C(O)CN(c1cccc(C(=O)O)c1)S(=O)(=O)c1ccc(F)cc1. The topological polar surface area (TPSA) is 112 Å². The Bertz CT molecular complexity index is 879. The van der Waals surface area contributed by atoms with Crippen LogP contribution in [0.1, 0.15) is 10.4 Å². The Balaban J connectivity index is 2.56. The van der Waals surface area contributed by atoms with Crippen LogP contribution in [0.3, 0.4) is 0 Å². The Morgan fingerprint density at radius 2 is 1.67 bits per heavy atom. The zero-order valence-electron chi connectivity index (χ0n) is 12.1. The van der Waals surface area contributed by atoms with E-state index in [2.05, 4.69) is 0 Å². The lowest BCUT2D eigenvalue weighted by Gasteiger charge is -2.23. The van der Waals surface area contributed by atoms with E-state index in [9.17, 15) is 22.4 Å². The molecule has 0 radical (unpaired) electrons. The fourth-order valence-electron chi connectivity index (χ4n) is 1.97. The van der Waals surface area contributed by atoms with Crippen LogP contribution in [0, 0.1) is 5.82 Å². The van der Waals surface area contributed by atoms with E-state index in [0.29, 0.717) is 4.31 Å². The van der Waals surface area contributed by atoms with Gasteiger partial charge in [-0.25, -0.2) is 17.6 Å². The number of rotatable bonds is 6. The van der Waals surface area contributed by atoms with Crippen LogP contribution in [0.25, 0.3) is 0 Å². The van der Waals surface area contributed by atoms with Crippen molar-refractivity contribution < 1.29 is 32.6 Å². The standard InChI is InChI=1S/C15H12FNO6S/c16-11-4-6-13(7-5-11)24(22,23)17(9-14(18)19)12-3-1-2-10(8-12)15(20)21/h1-8H,9H2,(H,18,19)(H,20,21). The van der Waals surface area contributed by atoms with Crippen molar-refractivity contribution in [3.8, 4) is 0 Å². The van der Waals surface area contributed by atoms with Gasteiger partial charge in [0.2, 0.25) is 0 Å².